The molecule has 1 amide bonds. The van der Waals surface area contributed by atoms with E-state index < -0.39 is 5.91 Å². The van der Waals surface area contributed by atoms with Crippen LogP contribution in [0.2, 0.25) is 0 Å². The van der Waals surface area contributed by atoms with Gasteiger partial charge in [-0.05, 0) is 25.5 Å². The van der Waals surface area contributed by atoms with E-state index in [0.717, 1.165) is 11.1 Å². The van der Waals surface area contributed by atoms with E-state index in [2.05, 4.69) is 17.2 Å². The third-order valence-electron chi connectivity index (χ3n) is 3.56. The standard InChI is InChI=1S/C19H23N3O2/c1-13(2)21-14(3)16-10-17(18(23)20-4)19(24)22(12-16)11-15-8-6-5-7-9-15/h5-10,12-13,21H,3,11H2,1-2,4H3,(H,20,23). The Kier molecular flexibility index (Phi) is 5.58. The number of aromatic nitrogens is 1. The van der Waals surface area contributed by atoms with Gasteiger partial charge in [-0.2, -0.15) is 0 Å². The Balaban J connectivity index is 2.50. The van der Waals surface area contributed by atoms with Crippen LogP contribution in [0.3, 0.4) is 0 Å². The number of carbonyl (C=O) groups is 1. The number of rotatable bonds is 6. The van der Waals surface area contributed by atoms with Gasteiger partial charge < -0.3 is 15.2 Å². The van der Waals surface area contributed by atoms with Crippen molar-refractivity contribution in [3.8, 4) is 0 Å². The second-order valence-corrected chi connectivity index (χ2v) is 5.92. The molecule has 0 bridgehead atoms. The molecular weight excluding hydrogens is 302 g/mol. The van der Waals surface area contributed by atoms with Crippen LogP contribution in [0.25, 0.3) is 5.70 Å². The molecule has 126 valence electrons. The number of benzene rings is 1. The van der Waals surface area contributed by atoms with Crippen molar-refractivity contribution < 1.29 is 4.79 Å². The molecule has 0 radical (unpaired) electrons. The Bertz CT molecular complexity index is 792. The van der Waals surface area contributed by atoms with Gasteiger partial charge in [-0.3, -0.25) is 9.59 Å². The number of amides is 1. The van der Waals surface area contributed by atoms with Crippen LogP contribution in [-0.4, -0.2) is 23.6 Å². The number of nitrogens with zero attached hydrogens (tertiary/aromatic N) is 1. The smallest absolute Gasteiger partial charge is 0.263 e. The number of carbonyl (C=O) groups excluding carboxylic acids is 1. The molecule has 2 aromatic rings. The second-order valence-electron chi connectivity index (χ2n) is 5.92. The number of hydrogen-bond acceptors (Lipinski definition) is 3. The van der Waals surface area contributed by atoms with Crippen LogP contribution in [0, 0.1) is 0 Å². The largest absolute Gasteiger partial charge is 0.383 e. The molecule has 0 saturated carbocycles. The van der Waals surface area contributed by atoms with Gasteiger partial charge in [0.25, 0.3) is 11.5 Å². The zero-order chi connectivity index (χ0) is 17.7. The van der Waals surface area contributed by atoms with E-state index in [0.29, 0.717) is 12.2 Å². The Hall–Kier alpha value is -2.82. The zero-order valence-corrected chi connectivity index (χ0v) is 14.3. The lowest BCUT2D eigenvalue weighted by Gasteiger charge is -2.16. The van der Waals surface area contributed by atoms with E-state index in [1.807, 2.05) is 44.2 Å². The molecule has 24 heavy (non-hydrogen) atoms. The first kappa shape index (κ1) is 17.5. The number of hydrogen-bond donors (Lipinski definition) is 2. The highest BCUT2D eigenvalue weighted by Gasteiger charge is 2.15. The lowest BCUT2D eigenvalue weighted by atomic mass is 10.1. The van der Waals surface area contributed by atoms with Gasteiger partial charge in [-0.25, -0.2) is 0 Å². The van der Waals surface area contributed by atoms with Crippen molar-refractivity contribution in [3.63, 3.8) is 0 Å². The van der Waals surface area contributed by atoms with Gasteiger partial charge in [0.2, 0.25) is 0 Å². The van der Waals surface area contributed by atoms with E-state index in [4.69, 9.17) is 0 Å². The minimum absolute atomic E-state index is 0.109. The summed E-state index contributed by atoms with van der Waals surface area (Å²) >= 11 is 0. The SMILES string of the molecule is C=C(NC(C)C)c1cc(C(=O)NC)c(=O)n(Cc2ccccc2)c1. The van der Waals surface area contributed by atoms with E-state index in [9.17, 15) is 9.59 Å². The van der Waals surface area contributed by atoms with E-state index in [1.165, 1.54) is 7.05 Å². The monoisotopic (exact) mass is 325 g/mol. The minimum Gasteiger partial charge on any atom is -0.383 e. The van der Waals surface area contributed by atoms with Crippen molar-refractivity contribution in [3.05, 3.63) is 76.2 Å². The molecule has 0 saturated heterocycles. The molecule has 0 fully saturated rings. The third-order valence-corrected chi connectivity index (χ3v) is 3.56. The molecule has 5 heteroatoms. The summed E-state index contributed by atoms with van der Waals surface area (Å²) in [4.78, 5) is 24.7. The van der Waals surface area contributed by atoms with Crippen molar-refractivity contribution >= 4 is 11.6 Å². The number of pyridine rings is 1. The molecule has 1 aromatic carbocycles. The van der Waals surface area contributed by atoms with Gasteiger partial charge in [0.1, 0.15) is 5.56 Å². The highest BCUT2D eigenvalue weighted by molar-refractivity contribution is 5.94. The second kappa shape index (κ2) is 7.64. The summed E-state index contributed by atoms with van der Waals surface area (Å²) in [5.41, 5.74) is 2.17. The molecule has 0 aliphatic carbocycles. The Morgan fingerprint density at radius 2 is 1.92 bits per heavy atom. The molecular formula is C19H23N3O2. The van der Waals surface area contributed by atoms with Crippen LogP contribution >= 0.6 is 0 Å². The van der Waals surface area contributed by atoms with Crippen molar-refractivity contribution in [2.24, 2.45) is 0 Å². The molecule has 2 N–H and O–H groups in total. The van der Waals surface area contributed by atoms with Crippen LogP contribution < -0.4 is 16.2 Å². The zero-order valence-electron chi connectivity index (χ0n) is 14.3. The summed E-state index contributed by atoms with van der Waals surface area (Å²) in [6, 6.07) is 11.4. The fraction of sp³-hybridized carbons (Fsp3) is 0.263. The fourth-order valence-electron chi connectivity index (χ4n) is 2.43. The van der Waals surface area contributed by atoms with Gasteiger partial charge in [0.05, 0.1) is 6.54 Å². The summed E-state index contributed by atoms with van der Waals surface area (Å²) in [6.45, 7) is 8.42. The summed E-state index contributed by atoms with van der Waals surface area (Å²) in [5, 5.41) is 5.73. The van der Waals surface area contributed by atoms with E-state index >= 15 is 0 Å². The predicted molar refractivity (Wildman–Crippen MR) is 96.9 cm³/mol. The first-order chi connectivity index (χ1) is 11.4. The molecule has 1 heterocycles. The van der Waals surface area contributed by atoms with E-state index in [-0.39, 0.29) is 17.2 Å². The van der Waals surface area contributed by atoms with Crippen LogP contribution in [0.15, 0.2) is 54.0 Å². The molecule has 0 unspecified atom stereocenters. The van der Waals surface area contributed by atoms with Crippen molar-refractivity contribution in [1.82, 2.24) is 15.2 Å². The lowest BCUT2D eigenvalue weighted by Crippen LogP contribution is -2.32. The molecule has 0 atom stereocenters. The van der Waals surface area contributed by atoms with Crippen LogP contribution in [-0.2, 0) is 6.54 Å². The normalized spacial score (nSPS) is 10.5. The first-order valence-electron chi connectivity index (χ1n) is 7.88. The molecule has 0 aliphatic heterocycles. The Labute approximate surface area is 142 Å². The maximum Gasteiger partial charge on any atom is 0.263 e. The molecule has 0 spiro atoms. The van der Waals surface area contributed by atoms with Gasteiger partial charge >= 0.3 is 0 Å². The predicted octanol–water partition coefficient (Wildman–Crippen LogP) is 2.22. The maximum atomic E-state index is 12.6. The summed E-state index contributed by atoms with van der Waals surface area (Å²) < 4.78 is 1.54. The maximum absolute atomic E-state index is 12.6. The molecule has 5 nitrogen and oxygen atoms in total. The van der Waals surface area contributed by atoms with Gasteiger partial charge in [0.15, 0.2) is 0 Å². The minimum atomic E-state index is -0.402. The highest BCUT2D eigenvalue weighted by atomic mass is 16.2. The van der Waals surface area contributed by atoms with Crippen LogP contribution in [0.4, 0.5) is 0 Å². The summed E-state index contributed by atoms with van der Waals surface area (Å²) in [6.07, 6.45) is 1.74. The average Bonchev–Trinajstić information content (AvgIpc) is 2.56. The highest BCUT2D eigenvalue weighted by Crippen LogP contribution is 2.12. The average molecular weight is 325 g/mol. The number of nitrogens with one attached hydrogen (secondary N) is 2. The van der Waals surface area contributed by atoms with Crippen LogP contribution in [0.5, 0.6) is 0 Å². The van der Waals surface area contributed by atoms with E-state index in [1.54, 1.807) is 16.8 Å². The Morgan fingerprint density at radius 3 is 2.50 bits per heavy atom. The Morgan fingerprint density at radius 1 is 1.25 bits per heavy atom. The first-order valence-corrected chi connectivity index (χ1v) is 7.88. The van der Waals surface area contributed by atoms with Crippen molar-refractivity contribution in [1.29, 1.82) is 0 Å². The van der Waals surface area contributed by atoms with Crippen molar-refractivity contribution in [2.45, 2.75) is 26.4 Å². The lowest BCUT2D eigenvalue weighted by molar-refractivity contribution is 0.0961. The van der Waals surface area contributed by atoms with Crippen LogP contribution in [0.1, 0.15) is 35.3 Å². The molecule has 0 aliphatic rings. The van der Waals surface area contributed by atoms with Gasteiger partial charge in [-0.1, -0.05) is 36.9 Å². The van der Waals surface area contributed by atoms with Gasteiger partial charge in [0, 0.05) is 30.5 Å². The molecule has 2 rings (SSSR count). The quantitative estimate of drug-likeness (QED) is 0.856. The fourth-order valence-corrected chi connectivity index (χ4v) is 2.43. The van der Waals surface area contributed by atoms with Crippen molar-refractivity contribution in [2.75, 3.05) is 7.05 Å². The summed E-state index contributed by atoms with van der Waals surface area (Å²) in [7, 11) is 1.51. The summed E-state index contributed by atoms with van der Waals surface area (Å²) in [5.74, 6) is -0.402. The van der Waals surface area contributed by atoms with Gasteiger partial charge in [-0.15, -0.1) is 0 Å². The molecule has 1 aromatic heterocycles. The topological polar surface area (TPSA) is 63.1 Å². The third kappa shape index (κ3) is 4.13.